The molecule has 10 heteroatoms. The van der Waals surface area contributed by atoms with Crippen LogP contribution in [0, 0.1) is 0 Å². The first-order valence-corrected chi connectivity index (χ1v) is 11.1. The second kappa shape index (κ2) is 8.26. The number of nitrogens with one attached hydrogen (secondary N) is 2. The van der Waals surface area contributed by atoms with E-state index in [2.05, 4.69) is 37.5 Å². The Hall–Kier alpha value is -2.85. The van der Waals surface area contributed by atoms with Gasteiger partial charge in [0.15, 0.2) is 5.96 Å². The van der Waals surface area contributed by atoms with Gasteiger partial charge in [0.1, 0.15) is 12.0 Å². The van der Waals surface area contributed by atoms with Crippen LogP contribution in [0.25, 0.3) is 10.9 Å². The molecule has 0 atom stereocenters. The van der Waals surface area contributed by atoms with Crippen molar-refractivity contribution in [3.8, 4) is 0 Å². The number of hydrogen-bond donors (Lipinski definition) is 2. The molecule has 9 nitrogen and oxygen atoms in total. The average Bonchev–Trinajstić information content (AvgIpc) is 3.37. The van der Waals surface area contributed by atoms with E-state index in [4.69, 9.17) is 4.52 Å². The Morgan fingerprint density at radius 2 is 2.03 bits per heavy atom. The largest absolute Gasteiger partial charge is 0.364 e. The maximum atomic E-state index is 12.6. The van der Waals surface area contributed by atoms with Crippen molar-refractivity contribution in [3.63, 3.8) is 0 Å². The lowest BCUT2D eigenvalue weighted by atomic mass is 10.2. The Morgan fingerprint density at radius 3 is 2.72 bits per heavy atom. The van der Waals surface area contributed by atoms with Gasteiger partial charge in [-0.3, -0.25) is 4.99 Å². The summed E-state index contributed by atoms with van der Waals surface area (Å²) < 4.78 is 31.4. The van der Waals surface area contributed by atoms with E-state index in [9.17, 15) is 8.42 Å². The zero-order valence-electron chi connectivity index (χ0n) is 16.2. The van der Waals surface area contributed by atoms with Crippen LogP contribution < -0.4 is 5.32 Å². The molecule has 0 radical (unpaired) electrons. The zero-order chi connectivity index (χ0) is 20.3. The van der Waals surface area contributed by atoms with Gasteiger partial charge in [0.2, 0.25) is 10.0 Å². The van der Waals surface area contributed by atoms with Crippen LogP contribution in [0.3, 0.4) is 0 Å². The van der Waals surface area contributed by atoms with Crippen LogP contribution in [-0.2, 0) is 22.3 Å². The molecule has 3 aromatic rings. The standard InChI is InChI=1S/C19H24N6O3S/c1-20-19(21-13-17-12-15-4-2-3-5-18(15)22-17)24-7-9-25(10-8-24)29(26,27)14-16-6-11-28-23-16/h2-6,11-12,22H,7-10,13-14H2,1H3,(H,20,21). The number of fused-ring (bicyclic) bond motifs is 1. The van der Waals surface area contributed by atoms with Gasteiger partial charge in [-0.05, 0) is 17.5 Å². The molecule has 29 heavy (non-hydrogen) atoms. The molecule has 2 aromatic heterocycles. The molecular weight excluding hydrogens is 392 g/mol. The molecule has 154 valence electrons. The third kappa shape index (κ3) is 4.43. The van der Waals surface area contributed by atoms with Crippen molar-refractivity contribution in [1.82, 2.24) is 24.7 Å². The molecule has 1 aromatic carbocycles. The van der Waals surface area contributed by atoms with E-state index < -0.39 is 10.0 Å². The number of aliphatic imine (C=N–C) groups is 1. The Bertz CT molecular complexity index is 1050. The first kappa shape index (κ1) is 19.5. The number of hydrogen-bond acceptors (Lipinski definition) is 5. The molecule has 0 amide bonds. The third-order valence-electron chi connectivity index (χ3n) is 4.99. The van der Waals surface area contributed by atoms with Crippen LogP contribution in [0.15, 0.2) is 52.2 Å². The summed E-state index contributed by atoms with van der Waals surface area (Å²) in [5.41, 5.74) is 2.59. The minimum Gasteiger partial charge on any atom is -0.364 e. The summed E-state index contributed by atoms with van der Waals surface area (Å²) in [6.07, 6.45) is 1.38. The van der Waals surface area contributed by atoms with Crippen molar-refractivity contribution in [2.75, 3.05) is 33.2 Å². The fourth-order valence-electron chi connectivity index (χ4n) is 3.50. The molecule has 1 aliphatic rings. The lowest BCUT2D eigenvalue weighted by molar-refractivity contribution is 0.259. The molecular formula is C19H24N6O3S. The second-order valence-corrected chi connectivity index (χ2v) is 8.88. The van der Waals surface area contributed by atoms with E-state index in [0.717, 1.165) is 17.2 Å². The number of nitrogens with zero attached hydrogens (tertiary/aromatic N) is 4. The summed E-state index contributed by atoms with van der Waals surface area (Å²) in [6.45, 7) is 2.58. The maximum absolute atomic E-state index is 12.6. The number of benzene rings is 1. The van der Waals surface area contributed by atoms with E-state index in [1.165, 1.54) is 16.0 Å². The lowest BCUT2D eigenvalue weighted by Crippen LogP contribution is -2.53. The van der Waals surface area contributed by atoms with E-state index in [1.807, 2.05) is 18.2 Å². The Morgan fingerprint density at radius 1 is 1.24 bits per heavy atom. The van der Waals surface area contributed by atoms with Crippen LogP contribution in [0.2, 0.25) is 0 Å². The minimum atomic E-state index is -3.41. The van der Waals surface area contributed by atoms with Crippen molar-refractivity contribution in [2.45, 2.75) is 12.3 Å². The van der Waals surface area contributed by atoms with Crippen molar-refractivity contribution < 1.29 is 12.9 Å². The molecule has 0 saturated carbocycles. The highest BCUT2D eigenvalue weighted by atomic mass is 32.2. The molecule has 0 unspecified atom stereocenters. The van der Waals surface area contributed by atoms with E-state index in [-0.39, 0.29) is 5.75 Å². The van der Waals surface area contributed by atoms with Gasteiger partial charge in [0.05, 0.1) is 12.2 Å². The van der Waals surface area contributed by atoms with Crippen LogP contribution in [0.5, 0.6) is 0 Å². The summed E-state index contributed by atoms with van der Waals surface area (Å²) in [6, 6.07) is 11.8. The number of para-hydroxylation sites is 1. The molecule has 3 heterocycles. The Kier molecular flexibility index (Phi) is 5.54. The average molecular weight is 417 g/mol. The Balaban J connectivity index is 1.33. The highest BCUT2D eigenvalue weighted by Crippen LogP contribution is 2.15. The lowest BCUT2D eigenvalue weighted by Gasteiger charge is -2.35. The summed E-state index contributed by atoms with van der Waals surface area (Å²) in [5, 5.41) is 8.23. The van der Waals surface area contributed by atoms with E-state index in [1.54, 1.807) is 13.1 Å². The van der Waals surface area contributed by atoms with Crippen LogP contribution in [0.1, 0.15) is 11.4 Å². The smallest absolute Gasteiger partial charge is 0.220 e. The number of piperazine rings is 1. The SMILES string of the molecule is CN=C(NCc1cc2ccccc2[nH]1)N1CCN(S(=O)(=O)Cc2ccon2)CC1. The van der Waals surface area contributed by atoms with Crippen molar-refractivity contribution >= 4 is 26.9 Å². The van der Waals surface area contributed by atoms with Gasteiger partial charge in [-0.15, -0.1) is 0 Å². The van der Waals surface area contributed by atoms with E-state index in [0.29, 0.717) is 38.4 Å². The highest BCUT2D eigenvalue weighted by Gasteiger charge is 2.29. The molecule has 2 N–H and O–H groups in total. The Labute approximate surface area is 169 Å². The molecule has 0 aliphatic carbocycles. The van der Waals surface area contributed by atoms with Crippen LogP contribution in [-0.4, -0.2) is 66.9 Å². The van der Waals surface area contributed by atoms with Crippen molar-refractivity contribution in [3.05, 3.63) is 54.0 Å². The van der Waals surface area contributed by atoms with Crippen molar-refractivity contribution in [1.29, 1.82) is 0 Å². The molecule has 1 fully saturated rings. The molecule has 0 spiro atoms. The monoisotopic (exact) mass is 416 g/mol. The molecule has 0 bridgehead atoms. The maximum Gasteiger partial charge on any atom is 0.220 e. The molecule has 1 saturated heterocycles. The van der Waals surface area contributed by atoms with Gasteiger partial charge in [0.25, 0.3) is 0 Å². The number of H-pyrrole nitrogens is 1. The number of sulfonamides is 1. The van der Waals surface area contributed by atoms with Crippen LogP contribution in [0.4, 0.5) is 0 Å². The number of guanidine groups is 1. The topological polar surface area (TPSA) is 107 Å². The van der Waals surface area contributed by atoms with Crippen molar-refractivity contribution in [2.24, 2.45) is 4.99 Å². The predicted molar refractivity (Wildman–Crippen MR) is 111 cm³/mol. The first-order valence-electron chi connectivity index (χ1n) is 9.44. The minimum absolute atomic E-state index is 0.142. The third-order valence-corrected chi connectivity index (χ3v) is 6.80. The second-order valence-electron chi connectivity index (χ2n) is 6.92. The summed E-state index contributed by atoms with van der Waals surface area (Å²) >= 11 is 0. The normalized spacial score (nSPS) is 16.4. The molecule has 4 rings (SSSR count). The predicted octanol–water partition coefficient (Wildman–Crippen LogP) is 1.38. The first-order chi connectivity index (χ1) is 14.0. The summed E-state index contributed by atoms with van der Waals surface area (Å²) in [4.78, 5) is 9.82. The fraction of sp³-hybridized carbons (Fsp3) is 0.368. The van der Waals surface area contributed by atoms with Gasteiger partial charge < -0.3 is 19.7 Å². The number of aromatic nitrogens is 2. The summed E-state index contributed by atoms with van der Waals surface area (Å²) in [5.74, 6) is 0.619. The quantitative estimate of drug-likeness (QED) is 0.481. The zero-order valence-corrected chi connectivity index (χ0v) is 17.0. The van der Waals surface area contributed by atoms with Gasteiger partial charge in [0, 0.05) is 50.5 Å². The van der Waals surface area contributed by atoms with Gasteiger partial charge in [-0.1, -0.05) is 23.4 Å². The number of aromatic amines is 1. The van der Waals surface area contributed by atoms with Crippen LogP contribution >= 0.6 is 0 Å². The van der Waals surface area contributed by atoms with E-state index >= 15 is 0 Å². The molecule has 1 aliphatic heterocycles. The fourth-order valence-corrected chi connectivity index (χ4v) is 4.93. The summed E-state index contributed by atoms with van der Waals surface area (Å²) in [7, 11) is -1.68. The van der Waals surface area contributed by atoms with Gasteiger partial charge in [-0.2, -0.15) is 4.31 Å². The van der Waals surface area contributed by atoms with Gasteiger partial charge in [-0.25, -0.2) is 8.42 Å². The van der Waals surface area contributed by atoms with Gasteiger partial charge >= 0.3 is 0 Å². The number of rotatable bonds is 5. The highest BCUT2D eigenvalue weighted by molar-refractivity contribution is 7.88.